The quantitative estimate of drug-likeness (QED) is 0.0304. The standard InChI is InChI=1S/C41H74N2O13P2Si/c1-11-53-57(44,54-12-2)32-42(29-36-19-15-17-21-39(36)51-34-49-27-25-47-7)31-38(23-24-41(5,6)59(9,10)46)43(33-58(45,55-13-3)56-14-4)30-37-20-16-18-22-40(37)52-35-50-28-26-48-8/h15-22,38,46H,11-14,23-35H2,1-10H3/t38-/m0/s1. The van der Waals surface area contributed by atoms with Crippen molar-refractivity contribution >= 4 is 23.5 Å². The molecular weight excluding hydrogens is 818 g/mol. The van der Waals surface area contributed by atoms with Crippen LogP contribution in [0.4, 0.5) is 0 Å². The van der Waals surface area contributed by atoms with E-state index in [1.165, 1.54) is 0 Å². The molecule has 1 atom stereocenters. The van der Waals surface area contributed by atoms with Gasteiger partial charge in [0.2, 0.25) is 0 Å². The van der Waals surface area contributed by atoms with E-state index in [1.807, 2.05) is 66.5 Å². The highest BCUT2D eigenvalue weighted by Gasteiger charge is 2.40. The summed E-state index contributed by atoms with van der Waals surface area (Å²) >= 11 is 0. The zero-order chi connectivity index (χ0) is 43.8. The van der Waals surface area contributed by atoms with E-state index in [-0.39, 0.29) is 63.7 Å². The summed E-state index contributed by atoms with van der Waals surface area (Å²) in [6, 6.07) is 14.9. The third-order valence-electron chi connectivity index (χ3n) is 9.95. The van der Waals surface area contributed by atoms with Crippen molar-refractivity contribution in [2.24, 2.45) is 0 Å². The average molecular weight is 893 g/mol. The van der Waals surface area contributed by atoms with E-state index in [0.717, 1.165) is 11.1 Å². The predicted octanol–water partition coefficient (Wildman–Crippen LogP) is 8.56. The van der Waals surface area contributed by atoms with Gasteiger partial charge < -0.3 is 51.3 Å². The molecule has 0 bridgehead atoms. The molecule has 0 unspecified atom stereocenters. The minimum Gasteiger partial charge on any atom is -0.467 e. The van der Waals surface area contributed by atoms with E-state index in [0.29, 0.717) is 70.4 Å². The summed E-state index contributed by atoms with van der Waals surface area (Å²) in [6.07, 6.45) is 1.14. The van der Waals surface area contributed by atoms with Crippen molar-refractivity contribution in [1.82, 2.24) is 9.80 Å². The Morgan fingerprint density at radius 1 is 0.678 bits per heavy atom. The van der Waals surface area contributed by atoms with Crippen LogP contribution in [0.3, 0.4) is 0 Å². The predicted molar refractivity (Wildman–Crippen MR) is 234 cm³/mol. The molecule has 0 aliphatic rings. The maximum Gasteiger partial charge on any atom is 0.344 e. The van der Waals surface area contributed by atoms with Gasteiger partial charge in [0.05, 0.1) is 52.9 Å². The summed E-state index contributed by atoms with van der Waals surface area (Å²) in [5.74, 6) is 1.21. The summed E-state index contributed by atoms with van der Waals surface area (Å²) in [4.78, 5) is 15.6. The first kappa shape index (κ1) is 53.4. The van der Waals surface area contributed by atoms with Gasteiger partial charge in [0.1, 0.15) is 24.1 Å². The Balaban J connectivity index is 2.76. The molecule has 2 aromatic carbocycles. The molecule has 0 radical (unpaired) electrons. The molecule has 2 rings (SSSR count). The third kappa shape index (κ3) is 19.9. The molecule has 0 aromatic heterocycles. The van der Waals surface area contributed by atoms with E-state index in [4.69, 9.17) is 46.5 Å². The van der Waals surface area contributed by atoms with Gasteiger partial charge in [-0.05, 0) is 70.8 Å². The van der Waals surface area contributed by atoms with Crippen molar-refractivity contribution in [3.8, 4) is 11.5 Å². The largest absolute Gasteiger partial charge is 0.467 e. The van der Waals surface area contributed by atoms with Gasteiger partial charge in [-0.2, -0.15) is 0 Å². The molecule has 0 fully saturated rings. The molecule has 340 valence electrons. The molecule has 0 spiro atoms. The van der Waals surface area contributed by atoms with Gasteiger partial charge in [0.25, 0.3) is 0 Å². The summed E-state index contributed by atoms with van der Waals surface area (Å²) in [7, 11) is -6.74. The van der Waals surface area contributed by atoms with Crippen molar-refractivity contribution < 1.29 is 60.4 Å². The monoisotopic (exact) mass is 892 g/mol. The second-order valence-corrected chi connectivity index (χ2v) is 23.6. The lowest BCUT2D eigenvalue weighted by Crippen LogP contribution is -2.46. The Bertz CT molecular complexity index is 1510. The number of hydrogen-bond acceptors (Lipinski definition) is 15. The number of para-hydroxylation sites is 2. The van der Waals surface area contributed by atoms with Gasteiger partial charge in [-0.25, -0.2) is 0 Å². The molecule has 0 aliphatic heterocycles. The van der Waals surface area contributed by atoms with Crippen LogP contribution in [0.25, 0.3) is 0 Å². The van der Waals surface area contributed by atoms with Gasteiger partial charge in [0.15, 0.2) is 21.9 Å². The normalized spacial score (nSPS) is 13.4. The second kappa shape index (κ2) is 28.1. The van der Waals surface area contributed by atoms with E-state index in [1.54, 1.807) is 41.9 Å². The molecule has 0 saturated carbocycles. The molecule has 0 aliphatic carbocycles. The number of ether oxygens (including phenoxy) is 6. The number of benzene rings is 2. The number of rotatable bonds is 35. The van der Waals surface area contributed by atoms with Gasteiger partial charge in [0, 0.05) is 51.0 Å². The van der Waals surface area contributed by atoms with Gasteiger partial charge in [-0.15, -0.1) is 0 Å². The molecule has 1 N–H and O–H groups in total. The van der Waals surface area contributed by atoms with Crippen molar-refractivity contribution in [2.75, 3.05) is 99.8 Å². The maximum absolute atomic E-state index is 14.5. The van der Waals surface area contributed by atoms with Crippen LogP contribution in [-0.4, -0.2) is 129 Å². The van der Waals surface area contributed by atoms with Crippen LogP contribution in [0, 0.1) is 0 Å². The summed E-state index contributed by atoms with van der Waals surface area (Å²) in [5.41, 5.74) is 1.66. The summed E-state index contributed by atoms with van der Waals surface area (Å²) < 4.78 is 86.1. The molecule has 0 amide bonds. The Kier molecular flexibility index (Phi) is 25.4. The van der Waals surface area contributed by atoms with Crippen LogP contribution in [-0.2, 0) is 59.3 Å². The molecule has 59 heavy (non-hydrogen) atoms. The van der Waals surface area contributed by atoms with Crippen molar-refractivity contribution in [3.63, 3.8) is 0 Å². The molecule has 18 heteroatoms. The SMILES string of the molecule is CCOP(=O)(CN(Cc1ccccc1OCOCCOC)C[C@H](CCC(C)(C)[Si](C)(C)O)N(Cc1ccccc1OCOCCOC)CP(=O)(OCC)OCC)OCC. The lowest BCUT2D eigenvalue weighted by Gasteiger charge is -2.41. The van der Waals surface area contributed by atoms with Crippen LogP contribution in [0.1, 0.15) is 65.5 Å². The van der Waals surface area contributed by atoms with E-state index < -0.39 is 23.5 Å². The maximum atomic E-state index is 14.5. The van der Waals surface area contributed by atoms with Gasteiger partial charge in [-0.3, -0.25) is 18.9 Å². The molecular formula is C41H74N2O13P2Si. The zero-order valence-electron chi connectivity index (χ0n) is 37.4. The Hall–Kier alpha value is -1.72. The fourth-order valence-electron chi connectivity index (χ4n) is 6.10. The van der Waals surface area contributed by atoms with Gasteiger partial charge >= 0.3 is 15.2 Å². The van der Waals surface area contributed by atoms with Crippen LogP contribution in [0.5, 0.6) is 11.5 Å². The van der Waals surface area contributed by atoms with Crippen molar-refractivity contribution in [3.05, 3.63) is 59.7 Å². The Morgan fingerprint density at radius 2 is 1.12 bits per heavy atom. The Morgan fingerprint density at radius 3 is 1.56 bits per heavy atom. The highest BCUT2D eigenvalue weighted by Crippen LogP contribution is 2.51. The number of methoxy groups -OCH3 is 2. The molecule has 2 aromatic rings. The number of hydrogen-bond donors (Lipinski definition) is 1. The first-order chi connectivity index (χ1) is 28.1. The van der Waals surface area contributed by atoms with Crippen molar-refractivity contribution in [1.29, 1.82) is 0 Å². The van der Waals surface area contributed by atoms with Crippen LogP contribution in [0.2, 0.25) is 18.1 Å². The lowest BCUT2D eigenvalue weighted by molar-refractivity contribution is -0.00950. The lowest BCUT2D eigenvalue weighted by atomic mass is 10.00. The molecule has 15 nitrogen and oxygen atoms in total. The van der Waals surface area contributed by atoms with E-state index in [2.05, 4.69) is 18.7 Å². The number of nitrogens with zero attached hydrogens (tertiary/aromatic N) is 2. The Labute approximate surface area is 355 Å². The molecule has 0 saturated heterocycles. The first-order valence-corrected chi connectivity index (χ1v) is 27.0. The third-order valence-corrected chi connectivity index (χ3v) is 17.6. The minimum atomic E-state index is -3.67. The van der Waals surface area contributed by atoms with E-state index in [9.17, 15) is 13.9 Å². The molecule has 0 heterocycles. The van der Waals surface area contributed by atoms with Crippen LogP contribution in [0.15, 0.2) is 48.5 Å². The fourth-order valence-corrected chi connectivity index (χ4v) is 10.4. The zero-order valence-corrected chi connectivity index (χ0v) is 40.1. The summed E-state index contributed by atoms with van der Waals surface area (Å²) in [5, 5.41) is -0.388. The second-order valence-electron chi connectivity index (χ2n) is 15.1. The van der Waals surface area contributed by atoms with Crippen LogP contribution < -0.4 is 9.47 Å². The highest BCUT2D eigenvalue weighted by molar-refractivity contribution is 7.54. The van der Waals surface area contributed by atoms with Gasteiger partial charge in [-0.1, -0.05) is 50.2 Å². The van der Waals surface area contributed by atoms with Crippen LogP contribution >= 0.6 is 15.2 Å². The van der Waals surface area contributed by atoms with Crippen molar-refractivity contribution in [2.45, 2.75) is 91.6 Å². The van der Waals surface area contributed by atoms with E-state index >= 15 is 0 Å². The fraction of sp³-hybridized carbons (Fsp3) is 0.707. The first-order valence-electron chi connectivity index (χ1n) is 20.6. The average Bonchev–Trinajstić information content (AvgIpc) is 3.17. The smallest absolute Gasteiger partial charge is 0.344 e. The minimum absolute atomic E-state index is 0.0153. The highest BCUT2D eigenvalue weighted by atomic mass is 31.2. The summed E-state index contributed by atoms with van der Waals surface area (Å²) in [6.45, 7) is 18.6. The topological polar surface area (TPSA) is 153 Å².